The van der Waals surface area contributed by atoms with E-state index < -0.39 is 0 Å². The fraction of sp³-hybridized carbons (Fsp3) is 0.350. The van der Waals surface area contributed by atoms with Gasteiger partial charge in [0.05, 0.1) is 5.92 Å². The predicted octanol–water partition coefficient (Wildman–Crippen LogP) is 3.56. The van der Waals surface area contributed by atoms with E-state index >= 15 is 0 Å². The molecule has 4 heteroatoms. The van der Waals surface area contributed by atoms with Crippen LogP contribution in [0.1, 0.15) is 37.9 Å². The van der Waals surface area contributed by atoms with Gasteiger partial charge in [-0.2, -0.15) is 0 Å². The summed E-state index contributed by atoms with van der Waals surface area (Å²) in [6.07, 6.45) is 0. The van der Waals surface area contributed by atoms with E-state index in [4.69, 9.17) is 5.73 Å². The second-order valence-electron chi connectivity index (χ2n) is 6.83. The summed E-state index contributed by atoms with van der Waals surface area (Å²) in [5.74, 6) is -0.681. The van der Waals surface area contributed by atoms with Gasteiger partial charge in [-0.25, -0.2) is 4.39 Å². The van der Waals surface area contributed by atoms with Gasteiger partial charge >= 0.3 is 0 Å². The fourth-order valence-electron chi connectivity index (χ4n) is 2.60. The number of hydrogen-bond donors (Lipinski definition) is 2. The minimum Gasteiger partial charge on any atom is -0.355 e. The first-order valence-electron chi connectivity index (χ1n) is 8.15. The van der Waals surface area contributed by atoms with Crippen LogP contribution in [-0.2, 0) is 10.2 Å². The molecule has 2 rings (SSSR count). The maximum Gasteiger partial charge on any atom is 0.224 e. The van der Waals surface area contributed by atoms with Crippen LogP contribution in [0, 0.1) is 11.7 Å². The zero-order valence-electron chi connectivity index (χ0n) is 14.4. The molecule has 24 heavy (non-hydrogen) atoms. The number of carbonyl (C=O) groups is 1. The van der Waals surface area contributed by atoms with Crippen LogP contribution in [0.3, 0.4) is 0 Å². The van der Waals surface area contributed by atoms with E-state index in [1.807, 2.05) is 51.1 Å². The lowest BCUT2D eigenvalue weighted by atomic mass is 9.84. The van der Waals surface area contributed by atoms with Crippen molar-refractivity contribution in [3.05, 3.63) is 71.5 Å². The van der Waals surface area contributed by atoms with Crippen molar-refractivity contribution < 1.29 is 9.18 Å². The van der Waals surface area contributed by atoms with Crippen LogP contribution in [0.25, 0.3) is 0 Å². The Morgan fingerprint density at radius 3 is 2.29 bits per heavy atom. The van der Waals surface area contributed by atoms with Crippen molar-refractivity contribution >= 4 is 5.91 Å². The monoisotopic (exact) mass is 328 g/mol. The van der Waals surface area contributed by atoms with Crippen LogP contribution in [0.2, 0.25) is 0 Å². The SMILES string of the molecule is CC(C(=O)NCC(C)(C)c1ccc(F)cc1)C(N)c1ccccc1. The van der Waals surface area contributed by atoms with Crippen molar-refractivity contribution in [2.24, 2.45) is 11.7 Å². The zero-order valence-corrected chi connectivity index (χ0v) is 14.4. The normalized spacial score (nSPS) is 14.0. The maximum atomic E-state index is 13.1. The first kappa shape index (κ1) is 18.1. The average Bonchev–Trinajstić information content (AvgIpc) is 2.59. The summed E-state index contributed by atoms with van der Waals surface area (Å²) < 4.78 is 13.1. The van der Waals surface area contributed by atoms with Gasteiger partial charge in [0.15, 0.2) is 0 Å². The molecule has 128 valence electrons. The largest absolute Gasteiger partial charge is 0.355 e. The molecule has 2 aromatic rings. The third kappa shape index (κ3) is 4.42. The Labute approximate surface area is 143 Å². The molecule has 2 atom stereocenters. The molecule has 0 fully saturated rings. The number of nitrogens with two attached hydrogens (primary N) is 1. The van der Waals surface area contributed by atoms with Crippen molar-refractivity contribution in [3.8, 4) is 0 Å². The van der Waals surface area contributed by atoms with Crippen LogP contribution in [0.5, 0.6) is 0 Å². The first-order valence-corrected chi connectivity index (χ1v) is 8.15. The third-order valence-electron chi connectivity index (χ3n) is 4.47. The Kier molecular flexibility index (Phi) is 5.73. The molecule has 0 saturated carbocycles. The summed E-state index contributed by atoms with van der Waals surface area (Å²) in [7, 11) is 0. The van der Waals surface area contributed by atoms with Gasteiger partial charge in [0.1, 0.15) is 5.82 Å². The molecule has 3 N–H and O–H groups in total. The van der Waals surface area contributed by atoms with Gasteiger partial charge in [-0.1, -0.05) is 63.2 Å². The van der Waals surface area contributed by atoms with Crippen molar-refractivity contribution in [2.75, 3.05) is 6.54 Å². The molecule has 0 aliphatic carbocycles. The zero-order chi connectivity index (χ0) is 17.7. The van der Waals surface area contributed by atoms with Crippen LogP contribution in [0.4, 0.5) is 4.39 Å². The Hall–Kier alpha value is -2.20. The Morgan fingerprint density at radius 2 is 1.71 bits per heavy atom. The lowest BCUT2D eigenvalue weighted by molar-refractivity contribution is -0.125. The van der Waals surface area contributed by atoms with E-state index in [1.165, 1.54) is 12.1 Å². The van der Waals surface area contributed by atoms with E-state index in [9.17, 15) is 9.18 Å². The van der Waals surface area contributed by atoms with E-state index in [0.29, 0.717) is 6.54 Å². The van der Waals surface area contributed by atoms with Gasteiger partial charge in [0.2, 0.25) is 5.91 Å². The topological polar surface area (TPSA) is 55.1 Å². The fourth-order valence-corrected chi connectivity index (χ4v) is 2.60. The van der Waals surface area contributed by atoms with E-state index in [0.717, 1.165) is 11.1 Å². The molecule has 0 aromatic heterocycles. The maximum absolute atomic E-state index is 13.1. The van der Waals surface area contributed by atoms with Gasteiger partial charge in [-0.05, 0) is 23.3 Å². The summed E-state index contributed by atoms with van der Waals surface area (Å²) in [5.41, 5.74) is 7.83. The Balaban J connectivity index is 1.97. The van der Waals surface area contributed by atoms with Gasteiger partial charge in [-0.15, -0.1) is 0 Å². The number of rotatable bonds is 6. The molecular formula is C20H25FN2O. The minimum absolute atomic E-state index is 0.0819. The molecule has 2 aromatic carbocycles. The highest BCUT2D eigenvalue weighted by Gasteiger charge is 2.26. The Bertz CT molecular complexity index is 668. The summed E-state index contributed by atoms with van der Waals surface area (Å²) in [6.45, 7) is 6.33. The van der Waals surface area contributed by atoms with Gasteiger partial charge in [0.25, 0.3) is 0 Å². The standard InChI is InChI=1S/C20H25FN2O/c1-14(18(22)15-7-5-4-6-8-15)19(24)23-13-20(2,3)16-9-11-17(21)12-10-16/h4-12,14,18H,13,22H2,1-3H3,(H,23,24). The number of carbonyl (C=O) groups excluding carboxylic acids is 1. The van der Waals surface area contributed by atoms with E-state index in [-0.39, 0.29) is 29.1 Å². The molecule has 0 saturated heterocycles. The van der Waals surface area contributed by atoms with Crippen LogP contribution in [0.15, 0.2) is 54.6 Å². The smallest absolute Gasteiger partial charge is 0.224 e. The lowest BCUT2D eigenvalue weighted by Crippen LogP contribution is -2.41. The van der Waals surface area contributed by atoms with E-state index in [2.05, 4.69) is 5.32 Å². The lowest BCUT2D eigenvalue weighted by Gasteiger charge is -2.27. The highest BCUT2D eigenvalue weighted by molar-refractivity contribution is 5.79. The number of amides is 1. The van der Waals surface area contributed by atoms with Crippen molar-refractivity contribution in [2.45, 2.75) is 32.2 Å². The highest BCUT2D eigenvalue weighted by Crippen LogP contribution is 2.23. The summed E-state index contributed by atoms with van der Waals surface area (Å²) in [4.78, 5) is 12.4. The summed E-state index contributed by atoms with van der Waals surface area (Å²) in [6, 6.07) is 15.6. The van der Waals surface area contributed by atoms with Crippen LogP contribution >= 0.6 is 0 Å². The Morgan fingerprint density at radius 1 is 1.12 bits per heavy atom. The van der Waals surface area contributed by atoms with Gasteiger partial charge in [0, 0.05) is 18.0 Å². The minimum atomic E-state index is -0.347. The number of halogens is 1. The van der Waals surface area contributed by atoms with Gasteiger partial charge in [-0.3, -0.25) is 4.79 Å². The van der Waals surface area contributed by atoms with Crippen molar-refractivity contribution in [3.63, 3.8) is 0 Å². The molecular weight excluding hydrogens is 303 g/mol. The number of hydrogen-bond acceptors (Lipinski definition) is 2. The van der Waals surface area contributed by atoms with Crippen molar-refractivity contribution in [1.29, 1.82) is 0 Å². The average molecular weight is 328 g/mol. The number of benzene rings is 2. The molecule has 0 heterocycles. The molecule has 0 aliphatic rings. The second-order valence-corrected chi connectivity index (χ2v) is 6.83. The molecule has 1 amide bonds. The molecule has 3 nitrogen and oxygen atoms in total. The third-order valence-corrected chi connectivity index (χ3v) is 4.47. The summed E-state index contributed by atoms with van der Waals surface area (Å²) in [5, 5.41) is 2.97. The molecule has 0 aliphatic heterocycles. The van der Waals surface area contributed by atoms with E-state index in [1.54, 1.807) is 12.1 Å². The second kappa shape index (κ2) is 7.58. The molecule has 2 unspecified atom stereocenters. The highest BCUT2D eigenvalue weighted by atomic mass is 19.1. The number of nitrogens with one attached hydrogen (secondary N) is 1. The quantitative estimate of drug-likeness (QED) is 0.852. The predicted molar refractivity (Wildman–Crippen MR) is 95.0 cm³/mol. The molecule has 0 radical (unpaired) electrons. The molecule has 0 bridgehead atoms. The summed E-state index contributed by atoms with van der Waals surface area (Å²) >= 11 is 0. The van der Waals surface area contributed by atoms with Crippen molar-refractivity contribution in [1.82, 2.24) is 5.32 Å². The molecule has 0 spiro atoms. The first-order chi connectivity index (χ1) is 11.3. The van der Waals surface area contributed by atoms with Crippen LogP contribution in [-0.4, -0.2) is 12.5 Å². The van der Waals surface area contributed by atoms with Crippen LogP contribution < -0.4 is 11.1 Å². The van der Waals surface area contributed by atoms with Gasteiger partial charge < -0.3 is 11.1 Å².